The average molecular weight is 346 g/mol. The molecule has 1 aliphatic rings. The van der Waals surface area contributed by atoms with Gasteiger partial charge in [-0.15, -0.1) is 0 Å². The lowest BCUT2D eigenvalue weighted by molar-refractivity contribution is 0.0472. The van der Waals surface area contributed by atoms with Crippen molar-refractivity contribution in [1.29, 1.82) is 0 Å². The van der Waals surface area contributed by atoms with Gasteiger partial charge in [0, 0.05) is 16.6 Å². The molecule has 2 aromatic rings. The van der Waals surface area contributed by atoms with Crippen molar-refractivity contribution in [3.63, 3.8) is 0 Å². The molecule has 0 saturated heterocycles. The Kier molecular flexibility index (Phi) is 4.36. The van der Waals surface area contributed by atoms with Crippen molar-refractivity contribution in [1.82, 2.24) is 5.32 Å². The zero-order valence-electron chi connectivity index (χ0n) is 11.6. The minimum absolute atomic E-state index is 0.273. The number of fused-ring (bicyclic) bond motifs is 1. The van der Waals surface area contributed by atoms with Gasteiger partial charge in [0.1, 0.15) is 6.61 Å². The standard InChI is InChI=1S/C17H16BrNO2/c18-16-4-2-1-3-14(16)11-21-17(20)13-6-5-12-7-8-19-10-15(12)9-13/h1-6,9,19H,7-8,10-11H2. The Labute approximate surface area is 132 Å². The Morgan fingerprint density at radius 2 is 2.05 bits per heavy atom. The monoisotopic (exact) mass is 345 g/mol. The van der Waals surface area contributed by atoms with Crippen LogP contribution in [0.25, 0.3) is 0 Å². The molecule has 108 valence electrons. The van der Waals surface area contributed by atoms with Crippen LogP contribution in [0.5, 0.6) is 0 Å². The van der Waals surface area contributed by atoms with Crippen LogP contribution in [-0.4, -0.2) is 12.5 Å². The van der Waals surface area contributed by atoms with Crippen molar-refractivity contribution in [3.05, 3.63) is 69.2 Å². The third-order valence-corrected chi connectivity index (χ3v) is 4.42. The summed E-state index contributed by atoms with van der Waals surface area (Å²) in [6.45, 7) is 2.09. The van der Waals surface area contributed by atoms with Gasteiger partial charge in [-0.25, -0.2) is 4.79 Å². The molecule has 0 bridgehead atoms. The molecule has 3 nitrogen and oxygen atoms in total. The summed E-state index contributed by atoms with van der Waals surface area (Å²) in [7, 11) is 0. The molecule has 0 atom stereocenters. The van der Waals surface area contributed by atoms with Gasteiger partial charge in [0.2, 0.25) is 0 Å². The summed E-state index contributed by atoms with van der Waals surface area (Å²) in [6.07, 6.45) is 1.02. The fourth-order valence-electron chi connectivity index (χ4n) is 2.45. The molecule has 0 aromatic heterocycles. The third-order valence-electron chi connectivity index (χ3n) is 3.65. The molecule has 3 rings (SSSR count). The zero-order chi connectivity index (χ0) is 14.7. The van der Waals surface area contributed by atoms with Crippen molar-refractivity contribution in [2.45, 2.75) is 19.6 Å². The van der Waals surface area contributed by atoms with Crippen LogP contribution in [0.3, 0.4) is 0 Å². The third kappa shape index (κ3) is 3.34. The van der Waals surface area contributed by atoms with E-state index in [1.807, 2.05) is 42.5 Å². The van der Waals surface area contributed by atoms with Crippen LogP contribution in [-0.2, 0) is 24.3 Å². The van der Waals surface area contributed by atoms with Crippen LogP contribution in [0.2, 0.25) is 0 Å². The summed E-state index contributed by atoms with van der Waals surface area (Å²) in [4.78, 5) is 12.2. The average Bonchev–Trinajstić information content (AvgIpc) is 2.53. The first-order valence-electron chi connectivity index (χ1n) is 6.97. The van der Waals surface area contributed by atoms with Gasteiger partial charge in [0.15, 0.2) is 0 Å². The van der Waals surface area contributed by atoms with E-state index in [1.54, 1.807) is 0 Å². The molecular formula is C17H16BrNO2. The van der Waals surface area contributed by atoms with E-state index in [2.05, 4.69) is 21.2 Å². The van der Waals surface area contributed by atoms with Crippen molar-refractivity contribution < 1.29 is 9.53 Å². The second kappa shape index (κ2) is 6.41. The molecule has 2 aromatic carbocycles. The zero-order valence-corrected chi connectivity index (χ0v) is 13.2. The van der Waals surface area contributed by atoms with E-state index < -0.39 is 0 Å². The van der Waals surface area contributed by atoms with Crippen LogP contribution in [0, 0.1) is 0 Å². The molecular weight excluding hydrogens is 330 g/mol. The molecule has 0 aliphatic carbocycles. The minimum atomic E-state index is -0.279. The van der Waals surface area contributed by atoms with E-state index in [1.165, 1.54) is 11.1 Å². The van der Waals surface area contributed by atoms with Gasteiger partial charge in [0.25, 0.3) is 0 Å². The number of hydrogen-bond donors (Lipinski definition) is 1. The first-order valence-corrected chi connectivity index (χ1v) is 7.76. The summed E-state index contributed by atoms with van der Waals surface area (Å²) >= 11 is 3.45. The fraction of sp³-hybridized carbons (Fsp3) is 0.235. The number of esters is 1. The van der Waals surface area contributed by atoms with Crippen LogP contribution in [0.1, 0.15) is 27.0 Å². The molecule has 4 heteroatoms. The second-order valence-corrected chi connectivity index (χ2v) is 5.93. The number of ether oxygens (including phenoxy) is 1. The van der Waals surface area contributed by atoms with E-state index in [0.29, 0.717) is 5.56 Å². The van der Waals surface area contributed by atoms with E-state index in [9.17, 15) is 4.79 Å². The van der Waals surface area contributed by atoms with Crippen molar-refractivity contribution in [3.8, 4) is 0 Å². The van der Waals surface area contributed by atoms with Crippen molar-refractivity contribution in [2.24, 2.45) is 0 Å². The quantitative estimate of drug-likeness (QED) is 0.866. The molecule has 1 N–H and O–H groups in total. The maximum atomic E-state index is 12.2. The van der Waals surface area contributed by atoms with Crippen molar-refractivity contribution in [2.75, 3.05) is 6.54 Å². The highest BCUT2D eigenvalue weighted by molar-refractivity contribution is 9.10. The van der Waals surface area contributed by atoms with Crippen LogP contribution in [0.4, 0.5) is 0 Å². The predicted octanol–water partition coefficient (Wildman–Crippen LogP) is 3.45. The Morgan fingerprint density at radius 3 is 2.90 bits per heavy atom. The molecule has 0 amide bonds. The summed E-state index contributed by atoms with van der Waals surface area (Å²) < 4.78 is 6.35. The maximum absolute atomic E-state index is 12.2. The van der Waals surface area contributed by atoms with Crippen LogP contribution in [0.15, 0.2) is 46.9 Å². The minimum Gasteiger partial charge on any atom is -0.457 e. The SMILES string of the molecule is O=C(OCc1ccccc1Br)c1ccc2c(c1)CNCC2. The normalized spacial score (nSPS) is 13.6. The molecule has 21 heavy (non-hydrogen) atoms. The molecule has 0 fully saturated rings. The number of hydrogen-bond acceptors (Lipinski definition) is 3. The number of halogens is 1. The molecule has 0 spiro atoms. The predicted molar refractivity (Wildman–Crippen MR) is 85.1 cm³/mol. The molecule has 0 unspecified atom stereocenters. The lowest BCUT2D eigenvalue weighted by atomic mass is 9.99. The number of rotatable bonds is 3. The Morgan fingerprint density at radius 1 is 1.19 bits per heavy atom. The first-order chi connectivity index (χ1) is 10.2. The topological polar surface area (TPSA) is 38.3 Å². The molecule has 1 aliphatic heterocycles. The van der Waals surface area contributed by atoms with Gasteiger partial charge in [-0.3, -0.25) is 0 Å². The summed E-state index contributed by atoms with van der Waals surface area (Å²) in [5, 5.41) is 3.31. The van der Waals surface area contributed by atoms with Gasteiger partial charge in [-0.2, -0.15) is 0 Å². The van der Waals surface area contributed by atoms with E-state index >= 15 is 0 Å². The highest BCUT2D eigenvalue weighted by Gasteiger charge is 2.13. The van der Waals surface area contributed by atoms with Crippen molar-refractivity contribution >= 4 is 21.9 Å². The van der Waals surface area contributed by atoms with E-state index in [-0.39, 0.29) is 12.6 Å². The van der Waals surface area contributed by atoms with Gasteiger partial charge < -0.3 is 10.1 Å². The number of carbonyl (C=O) groups excluding carboxylic acids is 1. The highest BCUT2D eigenvalue weighted by atomic mass is 79.9. The second-order valence-electron chi connectivity index (χ2n) is 5.08. The van der Waals surface area contributed by atoms with E-state index in [0.717, 1.165) is 29.5 Å². The largest absolute Gasteiger partial charge is 0.457 e. The number of benzene rings is 2. The molecule has 0 radical (unpaired) electrons. The lowest BCUT2D eigenvalue weighted by Crippen LogP contribution is -2.24. The lowest BCUT2D eigenvalue weighted by Gasteiger charge is -2.17. The number of nitrogens with one attached hydrogen (secondary N) is 1. The molecule has 1 heterocycles. The Bertz CT molecular complexity index is 670. The van der Waals surface area contributed by atoms with Crippen LogP contribution >= 0.6 is 15.9 Å². The van der Waals surface area contributed by atoms with Crippen LogP contribution < -0.4 is 5.32 Å². The summed E-state index contributed by atoms with van der Waals surface area (Å²) in [6, 6.07) is 13.6. The number of carbonyl (C=O) groups is 1. The Balaban J connectivity index is 1.69. The van der Waals surface area contributed by atoms with Gasteiger partial charge >= 0.3 is 5.97 Å². The summed E-state index contributed by atoms with van der Waals surface area (Å²) in [5.74, 6) is -0.279. The fourth-order valence-corrected chi connectivity index (χ4v) is 2.85. The maximum Gasteiger partial charge on any atom is 0.338 e. The summed E-state index contributed by atoms with van der Waals surface area (Å²) in [5.41, 5.74) is 4.09. The van der Waals surface area contributed by atoms with Gasteiger partial charge in [0.05, 0.1) is 5.56 Å². The van der Waals surface area contributed by atoms with Gasteiger partial charge in [-0.05, 0) is 42.3 Å². The molecule has 0 saturated carbocycles. The van der Waals surface area contributed by atoms with Gasteiger partial charge in [-0.1, -0.05) is 40.2 Å². The first kappa shape index (κ1) is 14.3. The van der Waals surface area contributed by atoms with E-state index in [4.69, 9.17) is 4.74 Å². The highest BCUT2D eigenvalue weighted by Crippen LogP contribution is 2.19. The smallest absolute Gasteiger partial charge is 0.338 e. The Hall–Kier alpha value is -1.65.